The molecule has 1 aliphatic rings. The number of hydrogen-bond donors (Lipinski definition) is 2. The minimum absolute atomic E-state index is 0.409. The fraction of sp³-hybridized carbons (Fsp3) is 0.474. The van der Waals surface area contributed by atoms with Crippen LogP contribution in [-0.2, 0) is 0 Å². The van der Waals surface area contributed by atoms with Gasteiger partial charge in [-0.1, -0.05) is 18.7 Å². The molecule has 1 aliphatic heterocycles. The van der Waals surface area contributed by atoms with Crippen LogP contribution in [0, 0.1) is 11.3 Å². The van der Waals surface area contributed by atoms with Gasteiger partial charge in [0.25, 0.3) is 0 Å². The van der Waals surface area contributed by atoms with E-state index in [2.05, 4.69) is 22.9 Å². The number of primary amides is 1. The van der Waals surface area contributed by atoms with Gasteiger partial charge in [-0.3, -0.25) is 4.90 Å². The van der Waals surface area contributed by atoms with Crippen LogP contribution in [0.2, 0.25) is 0 Å². The van der Waals surface area contributed by atoms with Crippen molar-refractivity contribution < 1.29 is 9.53 Å². The van der Waals surface area contributed by atoms with Crippen molar-refractivity contribution in [3.63, 3.8) is 0 Å². The van der Waals surface area contributed by atoms with Crippen molar-refractivity contribution >= 4 is 6.03 Å². The lowest BCUT2D eigenvalue weighted by molar-refractivity contribution is 0.201. The molecule has 0 atom stereocenters. The van der Waals surface area contributed by atoms with E-state index in [9.17, 15) is 4.79 Å². The molecule has 1 heterocycles. The molecule has 0 spiro atoms. The predicted octanol–water partition coefficient (Wildman–Crippen LogP) is 1.17. The number of nitriles is 1. The number of benzene rings is 1. The number of rotatable bonds is 9. The molecule has 1 fully saturated rings. The number of nitrogens with zero attached hydrogens (tertiary/aromatic N) is 3. The minimum Gasteiger partial charge on any atom is -0.492 e. The van der Waals surface area contributed by atoms with Crippen LogP contribution in [0.25, 0.3) is 0 Å². The normalized spacial score (nSPS) is 14.4. The van der Waals surface area contributed by atoms with E-state index in [1.165, 1.54) is 0 Å². The quantitative estimate of drug-likeness (QED) is 0.511. The lowest BCUT2D eigenvalue weighted by atomic mass is 10.2. The van der Waals surface area contributed by atoms with Gasteiger partial charge in [-0.25, -0.2) is 4.79 Å². The molecule has 140 valence electrons. The Morgan fingerprint density at radius 2 is 2.12 bits per heavy atom. The summed E-state index contributed by atoms with van der Waals surface area (Å²) >= 11 is 0. The van der Waals surface area contributed by atoms with Crippen molar-refractivity contribution in [2.24, 2.45) is 5.73 Å². The molecule has 0 saturated carbocycles. The summed E-state index contributed by atoms with van der Waals surface area (Å²) in [7, 11) is 0. The zero-order valence-corrected chi connectivity index (χ0v) is 15.1. The van der Waals surface area contributed by atoms with E-state index in [1.807, 2.05) is 6.07 Å². The van der Waals surface area contributed by atoms with Gasteiger partial charge >= 0.3 is 6.03 Å². The van der Waals surface area contributed by atoms with Gasteiger partial charge in [0.15, 0.2) is 0 Å². The average molecular weight is 357 g/mol. The summed E-state index contributed by atoms with van der Waals surface area (Å²) in [5, 5.41) is 12.4. The molecule has 7 heteroatoms. The van der Waals surface area contributed by atoms with Gasteiger partial charge < -0.3 is 20.7 Å². The zero-order valence-electron chi connectivity index (χ0n) is 15.1. The van der Waals surface area contributed by atoms with E-state index in [0.29, 0.717) is 37.4 Å². The van der Waals surface area contributed by atoms with Crippen LogP contribution in [0.1, 0.15) is 12.0 Å². The first-order chi connectivity index (χ1) is 12.6. The topological polar surface area (TPSA) is 94.6 Å². The summed E-state index contributed by atoms with van der Waals surface area (Å²) in [5.74, 6) is 0.559. The second-order valence-corrected chi connectivity index (χ2v) is 6.35. The van der Waals surface area contributed by atoms with Crippen LogP contribution >= 0.6 is 0 Å². The first-order valence-corrected chi connectivity index (χ1v) is 8.86. The number of nitrogens with one attached hydrogen (secondary N) is 1. The zero-order chi connectivity index (χ0) is 18.8. The Morgan fingerprint density at radius 1 is 1.38 bits per heavy atom. The number of piperazine rings is 1. The van der Waals surface area contributed by atoms with Crippen molar-refractivity contribution in [3.05, 3.63) is 42.0 Å². The van der Waals surface area contributed by atoms with E-state index in [4.69, 9.17) is 15.7 Å². The molecule has 0 bridgehead atoms. The van der Waals surface area contributed by atoms with Gasteiger partial charge in [-0.2, -0.15) is 5.26 Å². The second kappa shape index (κ2) is 10.4. The highest BCUT2D eigenvalue weighted by Crippen LogP contribution is 2.16. The smallest absolute Gasteiger partial charge is 0.315 e. The molecule has 1 aromatic carbocycles. The number of nitrogens with two attached hydrogens (primary N) is 1. The summed E-state index contributed by atoms with van der Waals surface area (Å²) in [6.07, 6.45) is 0.629. The highest BCUT2D eigenvalue weighted by atomic mass is 16.5. The van der Waals surface area contributed by atoms with Crippen molar-refractivity contribution in [1.29, 1.82) is 5.26 Å². The maximum Gasteiger partial charge on any atom is 0.315 e. The predicted molar refractivity (Wildman–Crippen MR) is 101 cm³/mol. The molecule has 0 radical (unpaired) electrons. The summed E-state index contributed by atoms with van der Waals surface area (Å²) in [4.78, 5) is 15.6. The molecular formula is C19H27N5O2. The maximum absolute atomic E-state index is 11.7. The van der Waals surface area contributed by atoms with Crippen molar-refractivity contribution in [2.75, 3.05) is 52.4 Å². The van der Waals surface area contributed by atoms with Crippen molar-refractivity contribution in [1.82, 2.24) is 15.1 Å². The Balaban J connectivity index is 1.74. The molecular weight excluding hydrogens is 330 g/mol. The van der Waals surface area contributed by atoms with Crippen LogP contribution in [0.15, 0.2) is 36.4 Å². The molecule has 0 unspecified atom stereocenters. The lowest BCUT2D eigenvalue weighted by Gasteiger charge is -2.29. The first-order valence-electron chi connectivity index (χ1n) is 8.86. The van der Waals surface area contributed by atoms with E-state index in [1.54, 1.807) is 23.1 Å². The summed E-state index contributed by atoms with van der Waals surface area (Å²) < 4.78 is 5.65. The number of ether oxygens (including phenoxy) is 1. The average Bonchev–Trinajstić information content (AvgIpc) is 2.65. The van der Waals surface area contributed by atoms with Gasteiger partial charge in [0.05, 0.1) is 12.2 Å². The van der Waals surface area contributed by atoms with Crippen molar-refractivity contribution in [3.8, 4) is 11.8 Å². The number of urea groups is 1. The summed E-state index contributed by atoms with van der Waals surface area (Å²) in [6, 6.07) is 8.74. The standard InChI is InChI=1S/C19H27N5O2/c1-16(14-23-10-7-22-8-11-23)15-24(19(21)25)9-4-12-26-18-6-3-2-5-17(18)13-20/h2-3,5-6,22H,1,4,7-12,14-15H2,(H2,21,25). The van der Waals surface area contributed by atoms with Crippen LogP contribution < -0.4 is 15.8 Å². The summed E-state index contributed by atoms with van der Waals surface area (Å²) in [5.41, 5.74) is 6.97. The molecule has 2 rings (SSSR count). The first kappa shape index (κ1) is 19.8. The molecule has 0 aliphatic carbocycles. The fourth-order valence-corrected chi connectivity index (χ4v) is 2.89. The van der Waals surface area contributed by atoms with Crippen LogP contribution in [0.3, 0.4) is 0 Å². The number of para-hydroxylation sites is 1. The van der Waals surface area contributed by atoms with E-state index in [-0.39, 0.29) is 0 Å². The Morgan fingerprint density at radius 3 is 2.81 bits per heavy atom. The molecule has 2 amide bonds. The third-order valence-electron chi connectivity index (χ3n) is 4.22. The second-order valence-electron chi connectivity index (χ2n) is 6.35. The number of hydrogen-bond acceptors (Lipinski definition) is 5. The lowest BCUT2D eigenvalue weighted by Crippen LogP contribution is -2.45. The van der Waals surface area contributed by atoms with Gasteiger partial charge in [0, 0.05) is 45.8 Å². The van der Waals surface area contributed by atoms with Crippen LogP contribution in [0.5, 0.6) is 5.75 Å². The Hall–Kier alpha value is -2.56. The third-order valence-corrected chi connectivity index (χ3v) is 4.22. The number of carbonyl (C=O) groups is 1. The fourth-order valence-electron chi connectivity index (χ4n) is 2.89. The highest BCUT2D eigenvalue weighted by Gasteiger charge is 2.15. The van der Waals surface area contributed by atoms with E-state index >= 15 is 0 Å². The van der Waals surface area contributed by atoms with Crippen LogP contribution in [-0.4, -0.2) is 68.3 Å². The van der Waals surface area contributed by atoms with Crippen molar-refractivity contribution in [2.45, 2.75) is 6.42 Å². The molecule has 7 nitrogen and oxygen atoms in total. The highest BCUT2D eigenvalue weighted by molar-refractivity contribution is 5.72. The SMILES string of the molecule is C=C(CN1CCNCC1)CN(CCCOc1ccccc1C#N)C(N)=O. The largest absolute Gasteiger partial charge is 0.492 e. The third kappa shape index (κ3) is 6.39. The Kier molecular flexibility index (Phi) is 7.93. The van der Waals surface area contributed by atoms with Crippen LogP contribution in [0.4, 0.5) is 4.79 Å². The van der Waals surface area contributed by atoms with Gasteiger partial charge in [0.2, 0.25) is 0 Å². The van der Waals surface area contributed by atoms with Gasteiger partial charge in [-0.15, -0.1) is 0 Å². The Labute approximate surface area is 155 Å². The van der Waals surface area contributed by atoms with Gasteiger partial charge in [0.1, 0.15) is 11.8 Å². The molecule has 3 N–H and O–H groups in total. The molecule has 1 saturated heterocycles. The Bertz CT molecular complexity index is 650. The molecule has 0 aromatic heterocycles. The maximum atomic E-state index is 11.7. The minimum atomic E-state index is -0.455. The number of carbonyl (C=O) groups excluding carboxylic acids is 1. The number of amides is 2. The molecule has 1 aromatic rings. The monoisotopic (exact) mass is 357 g/mol. The molecule has 26 heavy (non-hydrogen) atoms. The van der Waals surface area contributed by atoms with Gasteiger partial charge in [-0.05, 0) is 24.1 Å². The van der Waals surface area contributed by atoms with E-state index < -0.39 is 6.03 Å². The summed E-state index contributed by atoms with van der Waals surface area (Å²) in [6.45, 7) is 10.2. The van der Waals surface area contributed by atoms with E-state index in [0.717, 1.165) is 38.3 Å².